The number of hydrogen-bond donors (Lipinski definition) is 2. The number of amides is 1. The van der Waals surface area contributed by atoms with Crippen LogP contribution in [0.15, 0.2) is 18.2 Å². The third kappa shape index (κ3) is 4.99. The molecule has 5 heteroatoms. The molecule has 1 aromatic carbocycles. The fraction of sp³-hybridized carbons (Fsp3) is 0.467. The lowest BCUT2D eigenvalue weighted by Gasteiger charge is -2.19. The van der Waals surface area contributed by atoms with E-state index in [9.17, 15) is 14.0 Å². The summed E-state index contributed by atoms with van der Waals surface area (Å²) in [7, 11) is 0. The van der Waals surface area contributed by atoms with Crippen molar-refractivity contribution in [1.29, 1.82) is 0 Å². The molecule has 2 N–H and O–H groups in total. The van der Waals surface area contributed by atoms with E-state index in [2.05, 4.69) is 5.32 Å². The van der Waals surface area contributed by atoms with Crippen molar-refractivity contribution in [2.45, 2.75) is 39.7 Å². The minimum absolute atomic E-state index is 0.121. The van der Waals surface area contributed by atoms with E-state index in [0.29, 0.717) is 17.5 Å². The fourth-order valence-corrected chi connectivity index (χ4v) is 2.12. The molecule has 0 aromatic heterocycles. The highest BCUT2D eigenvalue weighted by molar-refractivity contribution is 5.96. The number of halogens is 1. The molecule has 0 spiro atoms. The van der Waals surface area contributed by atoms with Crippen LogP contribution in [-0.4, -0.2) is 23.0 Å². The Morgan fingerprint density at radius 2 is 2.00 bits per heavy atom. The molecule has 0 aliphatic carbocycles. The van der Waals surface area contributed by atoms with Gasteiger partial charge < -0.3 is 10.4 Å². The molecule has 0 aliphatic heterocycles. The van der Waals surface area contributed by atoms with Gasteiger partial charge in [0.05, 0.1) is 6.42 Å². The van der Waals surface area contributed by atoms with E-state index in [-0.39, 0.29) is 18.2 Å². The predicted octanol–water partition coefficient (Wildman–Crippen LogP) is 2.75. The van der Waals surface area contributed by atoms with E-state index in [1.54, 1.807) is 6.92 Å². The lowest BCUT2D eigenvalue weighted by atomic mass is 10.00. The first-order valence-corrected chi connectivity index (χ1v) is 6.58. The highest BCUT2D eigenvalue weighted by atomic mass is 19.1. The molecule has 20 heavy (non-hydrogen) atoms. The van der Waals surface area contributed by atoms with Crippen LogP contribution in [0.4, 0.5) is 4.39 Å². The monoisotopic (exact) mass is 281 g/mol. The lowest BCUT2D eigenvalue weighted by Crippen LogP contribution is -2.37. The number of aryl methyl sites for hydroxylation is 1. The zero-order chi connectivity index (χ0) is 15.3. The minimum atomic E-state index is -0.952. The molecule has 0 saturated carbocycles. The quantitative estimate of drug-likeness (QED) is 0.842. The smallest absolute Gasteiger partial charge is 0.305 e. The molecule has 1 amide bonds. The molecule has 0 saturated heterocycles. The Morgan fingerprint density at radius 1 is 1.35 bits per heavy atom. The Labute approximate surface area is 118 Å². The molecule has 0 aliphatic rings. The van der Waals surface area contributed by atoms with E-state index in [1.165, 1.54) is 18.2 Å². The van der Waals surface area contributed by atoms with Gasteiger partial charge in [-0.3, -0.25) is 9.59 Å². The van der Waals surface area contributed by atoms with Gasteiger partial charge in [0.15, 0.2) is 0 Å². The number of aliphatic carboxylic acids is 1. The van der Waals surface area contributed by atoms with Crippen LogP contribution in [0.25, 0.3) is 0 Å². The zero-order valence-electron chi connectivity index (χ0n) is 11.9. The molecule has 0 unspecified atom stereocenters. The first-order chi connectivity index (χ1) is 9.29. The van der Waals surface area contributed by atoms with Crippen molar-refractivity contribution < 1.29 is 19.1 Å². The maximum atomic E-state index is 13.0. The lowest BCUT2D eigenvalue weighted by molar-refractivity contribution is -0.137. The standard InChI is InChI=1S/C15H20FNO3/c1-9(2)6-12(8-14(18)19)17-15(20)13-5-4-11(16)7-10(13)3/h4-5,7,9,12H,6,8H2,1-3H3,(H,17,20)(H,18,19)/t12-/m0/s1. The second-order valence-corrected chi connectivity index (χ2v) is 5.36. The topological polar surface area (TPSA) is 66.4 Å². The van der Waals surface area contributed by atoms with Gasteiger partial charge >= 0.3 is 5.97 Å². The summed E-state index contributed by atoms with van der Waals surface area (Å²) in [5.74, 6) is -1.45. The summed E-state index contributed by atoms with van der Waals surface area (Å²) in [6, 6.07) is 3.48. The molecule has 1 atom stereocenters. The Bertz CT molecular complexity index is 500. The van der Waals surface area contributed by atoms with Gasteiger partial charge in [-0.2, -0.15) is 0 Å². The zero-order valence-corrected chi connectivity index (χ0v) is 11.9. The largest absolute Gasteiger partial charge is 0.481 e. The van der Waals surface area contributed by atoms with Crippen molar-refractivity contribution in [1.82, 2.24) is 5.32 Å². The number of carbonyl (C=O) groups excluding carboxylic acids is 1. The van der Waals surface area contributed by atoms with Crippen LogP contribution >= 0.6 is 0 Å². The second kappa shape index (κ2) is 7.03. The highest BCUT2D eigenvalue weighted by Crippen LogP contribution is 2.13. The third-order valence-electron chi connectivity index (χ3n) is 2.95. The summed E-state index contributed by atoms with van der Waals surface area (Å²) in [6.45, 7) is 5.57. The first-order valence-electron chi connectivity index (χ1n) is 6.58. The fourth-order valence-electron chi connectivity index (χ4n) is 2.12. The normalized spacial score (nSPS) is 12.2. The molecular weight excluding hydrogens is 261 g/mol. The van der Waals surface area contributed by atoms with Crippen molar-refractivity contribution in [2.24, 2.45) is 5.92 Å². The molecule has 0 fully saturated rings. The van der Waals surface area contributed by atoms with Gasteiger partial charge in [-0.1, -0.05) is 13.8 Å². The SMILES string of the molecule is Cc1cc(F)ccc1C(=O)N[C@H](CC(=O)O)CC(C)C. The van der Waals surface area contributed by atoms with Gasteiger partial charge in [0.25, 0.3) is 5.91 Å². The van der Waals surface area contributed by atoms with Crippen molar-refractivity contribution >= 4 is 11.9 Å². The van der Waals surface area contributed by atoms with Crippen molar-refractivity contribution in [3.05, 3.63) is 35.1 Å². The Kier molecular flexibility index (Phi) is 5.67. The molecule has 1 aromatic rings. The Hall–Kier alpha value is -1.91. The van der Waals surface area contributed by atoms with Gasteiger partial charge in [0.1, 0.15) is 5.82 Å². The summed E-state index contributed by atoms with van der Waals surface area (Å²) in [5.41, 5.74) is 0.895. The number of carboxylic acids is 1. The third-order valence-corrected chi connectivity index (χ3v) is 2.95. The van der Waals surface area contributed by atoms with Gasteiger partial charge in [-0.25, -0.2) is 4.39 Å². The average molecular weight is 281 g/mol. The van der Waals surface area contributed by atoms with Gasteiger partial charge in [-0.15, -0.1) is 0 Å². The van der Waals surface area contributed by atoms with Gasteiger partial charge in [0, 0.05) is 11.6 Å². The van der Waals surface area contributed by atoms with E-state index >= 15 is 0 Å². The molecule has 4 nitrogen and oxygen atoms in total. The molecule has 1 rings (SSSR count). The summed E-state index contributed by atoms with van der Waals surface area (Å²) in [4.78, 5) is 22.9. The van der Waals surface area contributed by atoms with Crippen molar-refractivity contribution in [3.63, 3.8) is 0 Å². The van der Waals surface area contributed by atoms with Crippen LogP contribution in [0.3, 0.4) is 0 Å². The predicted molar refractivity (Wildman–Crippen MR) is 74.1 cm³/mol. The maximum absolute atomic E-state index is 13.0. The number of benzene rings is 1. The number of rotatable bonds is 6. The van der Waals surface area contributed by atoms with Crippen LogP contribution in [0.5, 0.6) is 0 Å². The van der Waals surface area contributed by atoms with Crippen LogP contribution in [-0.2, 0) is 4.79 Å². The van der Waals surface area contributed by atoms with Crippen molar-refractivity contribution in [2.75, 3.05) is 0 Å². The summed E-state index contributed by atoms with van der Waals surface area (Å²) >= 11 is 0. The second-order valence-electron chi connectivity index (χ2n) is 5.36. The van der Waals surface area contributed by atoms with E-state index in [1.807, 2.05) is 13.8 Å². The first kappa shape index (κ1) is 16.1. The number of nitrogens with one attached hydrogen (secondary N) is 1. The number of carbonyl (C=O) groups is 2. The molecule has 0 heterocycles. The summed E-state index contributed by atoms with van der Waals surface area (Å²) in [5, 5.41) is 11.6. The summed E-state index contributed by atoms with van der Waals surface area (Å²) < 4.78 is 13.0. The maximum Gasteiger partial charge on any atom is 0.305 e. The molecule has 0 bridgehead atoms. The van der Waals surface area contributed by atoms with Crippen molar-refractivity contribution in [3.8, 4) is 0 Å². The van der Waals surface area contributed by atoms with E-state index < -0.39 is 17.8 Å². The van der Waals surface area contributed by atoms with Gasteiger partial charge in [0.2, 0.25) is 0 Å². The Morgan fingerprint density at radius 3 is 2.50 bits per heavy atom. The molecule has 0 radical (unpaired) electrons. The summed E-state index contributed by atoms with van der Waals surface area (Å²) in [6.07, 6.45) is 0.461. The van der Waals surface area contributed by atoms with Crippen LogP contribution < -0.4 is 5.32 Å². The minimum Gasteiger partial charge on any atom is -0.481 e. The van der Waals surface area contributed by atoms with Crippen LogP contribution in [0, 0.1) is 18.7 Å². The van der Waals surface area contributed by atoms with Gasteiger partial charge in [-0.05, 0) is 43.0 Å². The average Bonchev–Trinajstić information content (AvgIpc) is 2.26. The number of carboxylic acid groups (broad SMARTS) is 1. The highest BCUT2D eigenvalue weighted by Gasteiger charge is 2.19. The van der Waals surface area contributed by atoms with E-state index in [4.69, 9.17) is 5.11 Å². The van der Waals surface area contributed by atoms with Crippen LogP contribution in [0.1, 0.15) is 42.6 Å². The van der Waals surface area contributed by atoms with E-state index in [0.717, 1.165) is 0 Å². The van der Waals surface area contributed by atoms with Crippen LogP contribution in [0.2, 0.25) is 0 Å². The molecule has 110 valence electrons. The molecular formula is C15H20FNO3. The Balaban J connectivity index is 2.81. The number of hydrogen-bond acceptors (Lipinski definition) is 2.